The zero-order valence-electron chi connectivity index (χ0n) is 12.0. The van der Waals surface area contributed by atoms with Gasteiger partial charge in [-0.15, -0.1) is 11.3 Å². The quantitative estimate of drug-likeness (QED) is 0.555. The van der Waals surface area contributed by atoms with Gasteiger partial charge in [0.1, 0.15) is 11.0 Å². The molecule has 0 fully saturated rings. The highest BCUT2D eigenvalue weighted by Crippen LogP contribution is 2.29. The summed E-state index contributed by atoms with van der Waals surface area (Å²) in [6, 6.07) is 7.93. The summed E-state index contributed by atoms with van der Waals surface area (Å²) in [6.45, 7) is 3.94. The van der Waals surface area contributed by atoms with Crippen molar-refractivity contribution in [3.05, 3.63) is 46.2 Å². The van der Waals surface area contributed by atoms with Crippen molar-refractivity contribution in [2.75, 3.05) is 5.32 Å². The first-order valence-corrected chi connectivity index (χ1v) is 7.95. The lowest BCUT2D eigenvalue weighted by molar-refractivity contribution is 0.937. The van der Waals surface area contributed by atoms with E-state index in [0.29, 0.717) is 10.8 Å². The molecule has 0 atom stereocenters. The molecule has 0 spiro atoms. The van der Waals surface area contributed by atoms with Crippen molar-refractivity contribution in [2.45, 2.75) is 13.8 Å². The van der Waals surface area contributed by atoms with E-state index >= 15 is 0 Å². The fourth-order valence-corrected chi connectivity index (χ4v) is 3.44. The number of nitrogens with zero attached hydrogens (tertiary/aromatic N) is 4. The number of aryl methyl sites for hydroxylation is 1. The summed E-state index contributed by atoms with van der Waals surface area (Å²) in [5, 5.41) is 9.24. The van der Waals surface area contributed by atoms with Crippen molar-refractivity contribution in [3.8, 4) is 0 Å². The Labute approximate surface area is 135 Å². The normalized spacial score (nSPS) is 11.4. The average molecular weight is 330 g/mol. The number of hydrogen-bond acceptors (Lipinski definition) is 5. The van der Waals surface area contributed by atoms with E-state index in [4.69, 9.17) is 11.6 Å². The second-order valence-corrected chi connectivity index (χ2v) is 6.61. The van der Waals surface area contributed by atoms with Gasteiger partial charge in [0, 0.05) is 17.3 Å². The molecule has 0 unspecified atom stereocenters. The monoisotopic (exact) mass is 329 g/mol. The van der Waals surface area contributed by atoms with Crippen molar-refractivity contribution in [3.63, 3.8) is 0 Å². The highest BCUT2D eigenvalue weighted by molar-refractivity contribution is 7.18. The van der Waals surface area contributed by atoms with Gasteiger partial charge in [-0.25, -0.2) is 9.97 Å². The van der Waals surface area contributed by atoms with E-state index in [1.807, 2.05) is 32.0 Å². The molecule has 0 aliphatic carbocycles. The molecule has 0 aliphatic heterocycles. The van der Waals surface area contributed by atoms with Crippen molar-refractivity contribution >= 4 is 50.3 Å². The third kappa shape index (κ3) is 2.12. The Hall–Kier alpha value is -2.18. The molecular formula is C15H12ClN5S. The van der Waals surface area contributed by atoms with Gasteiger partial charge in [-0.05, 0) is 32.0 Å². The van der Waals surface area contributed by atoms with Gasteiger partial charge in [-0.3, -0.25) is 0 Å². The van der Waals surface area contributed by atoms with E-state index in [-0.39, 0.29) is 0 Å². The van der Waals surface area contributed by atoms with Gasteiger partial charge >= 0.3 is 0 Å². The second kappa shape index (κ2) is 4.93. The fraction of sp³-hybridized carbons (Fsp3) is 0.133. The van der Waals surface area contributed by atoms with E-state index < -0.39 is 0 Å². The Kier molecular flexibility index (Phi) is 3.02. The maximum absolute atomic E-state index is 6.21. The smallest absolute Gasteiger partial charge is 0.159 e. The SMILES string of the molecule is Cc1nc2ccc(Nc3c(C)c(Cl)nc4ccnn34)cc2s1. The van der Waals surface area contributed by atoms with Crippen LogP contribution < -0.4 is 5.32 Å². The van der Waals surface area contributed by atoms with E-state index in [0.717, 1.165) is 32.3 Å². The standard InChI is InChI=1S/C15H12ClN5S/c1-8-14(16)20-13-5-6-17-21(13)15(8)19-10-3-4-11-12(7-10)22-9(2)18-11/h3-7,19H,1-2H3. The fourth-order valence-electron chi connectivity index (χ4n) is 2.40. The number of nitrogens with one attached hydrogen (secondary N) is 1. The molecule has 3 heterocycles. The minimum absolute atomic E-state index is 0.477. The Morgan fingerprint density at radius 2 is 2.05 bits per heavy atom. The number of benzene rings is 1. The van der Waals surface area contributed by atoms with Crippen LogP contribution in [-0.2, 0) is 0 Å². The lowest BCUT2D eigenvalue weighted by Crippen LogP contribution is -2.04. The van der Waals surface area contributed by atoms with E-state index in [9.17, 15) is 0 Å². The van der Waals surface area contributed by atoms with Gasteiger partial charge in [0.2, 0.25) is 0 Å². The molecule has 0 radical (unpaired) electrons. The molecule has 22 heavy (non-hydrogen) atoms. The summed E-state index contributed by atoms with van der Waals surface area (Å²) in [6.07, 6.45) is 1.71. The predicted molar refractivity (Wildman–Crippen MR) is 90.4 cm³/mol. The largest absolute Gasteiger partial charge is 0.340 e. The Balaban J connectivity index is 1.84. The van der Waals surface area contributed by atoms with Crippen LogP contribution in [0.5, 0.6) is 0 Å². The molecule has 0 amide bonds. The summed E-state index contributed by atoms with van der Waals surface area (Å²) in [5.41, 5.74) is 3.56. The second-order valence-electron chi connectivity index (χ2n) is 5.02. The van der Waals surface area contributed by atoms with E-state index in [1.54, 1.807) is 22.0 Å². The molecule has 0 saturated heterocycles. The minimum atomic E-state index is 0.477. The van der Waals surface area contributed by atoms with Crippen LogP contribution in [0.1, 0.15) is 10.6 Å². The maximum Gasteiger partial charge on any atom is 0.159 e. The minimum Gasteiger partial charge on any atom is -0.340 e. The van der Waals surface area contributed by atoms with Crippen LogP contribution in [0.3, 0.4) is 0 Å². The molecule has 7 heteroatoms. The summed E-state index contributed by atoms with van der Waals surface area (Å²) in [7, 11) is 0. The highest BCUT2D eigenvalue weighted by Gasteiger charge is 2.12. The van der Waals surface area contributed by atoms with Crippen LogP contribution in [-0.4, -0.2) is 19.6 Å². The highest BCUT2D eigenvalue weighted by atomic mass is 35.5. The summed E-state index contributed by atoms with van der Waals surface area (Å²) < 4.78 is 2.90. The average Bonchev–Trinajstić information content (AvgIpc) is 3.08. The number of anilines is 2. The maximum atomic E-state index is 6.21. The first-order chi connectivity index (χ1) is 10.6. The van der Waals surface area contributed by atoms with Gasteiger partial charge in [0.15, 0.2) is 5.65 Å². The number of halogens is 1. The number of rotatable bonds is 2. The van der Waals surface area contributed by atoms with Crippen LogP contribution in [0.15, 0.2) is 30.5 Å². The molecule has 4 rings (SSSR count). The van der Waals surface area contributed by atoms with Gasteiger partial charge in [-0.2, -0.15) is 9.61 Å². The number of thiazole rings is 1. The van der Waals surface area contributed by atoms with Gasteiger partial charge in [-0.1, -0.05) is 11.6 Å². The number of fused-ring (bicyclic) bond motifs is 2. The molecular weight excluding hydrogens is 318 g/mol. The molecule has 110 valence electrons. The first kappa shape index (κ1) is 13.5. The van der Waals surface area contributed by atoms with Gasteiger partial charge < -0.3 is 5.32 Å². The third-order valence-corrected chi connectivity index (χ3v) is 4.77. The molecule has 1 N–H and O–H groups in total. The van der Waals surface area contributed by atoms with Crippen LogP contribution >= 0.6 is 22.9 Å². The van der Waals surface area contributed by atoms with E-state index in [1.165, 1.54) is 0 Å². The Morgan fingerprint density at radius 3 is 2.91 bits per heavy atom. The van der Waals surface area contributed by atoms with Gasteiger partial charge in [0.25, 0.3) is 0 Å². The number of aromatic nitrogens is 4. The predicted octanol–water partition coefficient (Wildman–Crippen LogP) is 4.35. The zero-order valence-corrected chi connectivity index (χ0v) is 13.5. The van der Waals surface area contributed by atoms with E-state index in [2.05, 4.69) is 26.4 Å². The van der Waals surface area contributed by atoms with Crippen LogP contribution in [0.2, 0.25) is 5.15 Å². The van der Waals surface area contributed by atoms with Crippen LogP contribution in [0.25, 0.3) is 15.9 Å². The summed E-state index contributed by atoms with van der Waals surface area (Å²) in [5.74, 6) is 0.820. The lowest BCUT2D eigenvalue weighted by atomic mass is 10.2. The van der Waals surface area contributed by atoms with Gasteiger partial charge in [0.05, 0.1) is 21.4 Å². The molecule has 4 aromatic rings. The topological polar surface area (TPSA) is 55.1 Å². The summed E-state index contributed by atoms with van der Waals surface area (Å²) >= 11 is 7.89. The Morgan fingerprint density at radius 1 is 1.18 bits per heavy atom. The van der Waals surface area contributed by atoms with Crippen molar-refractivity contribution in [1.82, 2.24) is 19.6 Å². The third-order valence-electron chi connectivity index (χ3n) is 3.47. The van der Waals surface area contributed by atoms with Crippen LogP contribution in [0, 0.1) is 13.8 Å². The van der Waals surface area contributed by atoms with Crippen molar-refractivity contribution < 1.29 is 0 Å². The molecule has 0 aliphatic rings. The zero-order chi connectivity index (χ0) is 15.3. The molecule has 0 saturated carbocycles. The molecule has 1 aromatic carbocycles. The first-order valence-electron chi connectivity index (χ1n) is 6.76. The molecule has 3 aromatic heterocycles. The number of hydrogen-bond donors (Lipinski definition) is 1. The van der Waals surface area contributed by atoms with Crippen molar-refractivity contribution in [1.29, 1.82) is 0 Å². The van der Waals surface area contributed by atoms with Crippen LogP contribution in [0.4, 0.5) is 11.5 Å². The molecule has 5 nitrogen and oxygen atoms in total. The lowest BCUT2D eigenvalue weighted by Gasteiger charge is -2.12. The van der Waals surface area contributed by atoms with Crippen molar-refractivity contribution in [2.24, 2.45) is 0 Å². The summed E-state index contributed by atoms with van der Waals surface area (Å²) in [4.78, 5) is 8.79. The molecule has 0 bridgehead atoms. The Bertz CT molecular complexity index is 1000.